The van der Waals surface area contributed by atoms with Crippen molar-refractivity contribution in [3.8, 4) is 12.1 Å². The molecule has 0 N–H and O–H groups in total. The molecule has 0 aromatic heterocycles. The van der Waals surface area contributed by atoms with Crippen molar-refractivity contribution >= 4 is 30.9 Å². The molecule has 0 amide bonds. The van der Waals surface area contributed by atoms with Gasteiger partial charge in [-0.25, -0.2) is 0 Å². The van der Waals surface area contributed by atoms with E-state index in [9.17, 15) is 10.5 Å². The lowest BCUT2D eigenvalue weighted by atomic mass is 10.6. The normalized spacial score (nSPS) is 16.2. The van der Waals surface area contributed by atoms with E-state index in [1.54, 1.807) is 0 Å². The highest BCUT2D eigenvalue weighted by atomic mass is 29.3. The van der Waals surface area contributed by atoms with Gasteiger partial charge in [0.15, 0.2) is 15.7 Å². The largest absolute Gasteiger partial charge is 0.459 e. The van der Waals surface area contributed by atoms with Gasteiger partial charge in [-0.15, -0.1) is 0 Å². The smallest absolute Gasteiger partial charge is 0.167 e. The Balaban J connectivity index is 6.95. The third-order valence-corrected chi connectivity index (χ3v) is 51.4. The topological polar surface area (TPSA) is 56.8 Å². The fraction of sp³-hybridized carbons (Fsp3) is 0.917. The van der Waals surface area contributed by atoms with E-state index in [4.69, 9.17) is 4.12 Å². The number of nitriles is 2. The number of hydrogen-bond donors (Lipinski definition) is 0. The van der Waals surface area contributed by atoms with Crippen molar-refractivity contribution in [2.45, 2.75) is 142 Å². The Kier molecular flexibility index (Phi) is 14.8. The molecule has 0 aromatic rings. The van der Waals surface area contributed by atoms with E-state index in [1.165, 1.54) is 61.2 Å². The molecule has 0 spiro atoms. The molecule has 180 valence electrons. The van der Waals surface area contributed by atoms with Gasteiger partial charge in [-0.3, -0.25) is 0 Å². The Bertz CT molecular complexity index is 531. The second kappa shape index (κ2) is 14.9. The Hall–Kier alpha value is -0.192. The molecule has 0 bridgehead atoms. The summed E-state index contributed by atoms with van der Waals surface area (Å²) in [4.78, 5) is 0. The summed E-state index contributed by atoms with van der Waals surface area (Å²) in [7, 11) is -7.36. The lowest BCUT2D eigenvalue weighted by Gasteiger charge is -2.56. The highest BCUT2D eigenvalue weighted by Crippen LogP contribution is 2.47. The van der Waals surface area contributed by atoms with Crippen LogP contribution in [0.3, 0.4) is 0 Å². The van der Waals surface area contributed by atoms with Crippen LogP contribution in [0.15, 0.2) is 0 Å². The van der Waals surface area contributed by atoms with Crippen molar-refractivity contribution in [3.63, 3.8) is 0 Å². The number of hydrogen-bond acceptors (Lipinski definition) is 3. The Morgan fingerprint density at radius 3 is 1.03 bits per heavy atom. The van der Waals surface area contributed by atoms with Gasteiger partial charge in [-0.1, -0.05) is 104 Å². The van der Waals surface area contributed by atoms with Crippen LogP contribution in [0.4, 0.5) is 0 Å². The van der Waals surface area contributed by atoms with E-state index in [0.717, 1.165) is 12.1 Å². The molecule has 31 heavy (non-hydrogen) atoms. The van der Waals surface area contributed by atoms with Crippen LogP contribution in [-0.4, -0.2) is 30.9 Å². The summed E-state index contributed by atoms with van der Waals surface area (Å²) in [5, 5.41) is 19.2. The van der Waals surface area contributed by atoms with Gasteiger partial charge >= 0.3 is 0 Å². The average Bonchev–Trinajstić information content (AvgIpc) is 2.81. The zero-order valence-corrected chi connectivity index (χ0v) is 26.2. The molecule has 0 radical (unpaired) electrons. The zero-order valence-electron chi connectivity index (χ0n) is 22.2. The minimum atomic E-state index is -2.07. The highest BCUT2D eigenvalue weighted by Gasteiger charge is 2.60. The van der Waals surface area contributed by atoms with Crippen molar-refractivity contribution in [3.05, 3.63) is 0 Å². The maximum Gasteiger partial charge on any atom is 0.167 e. The first-order valence-electron chi connectivity index (χ1n) is 13.3. The maximum atomic E-state index is 9.61. The Morgan fingerprint density at radius 2 is 0.839 bits per heavy atom. The second-order valence-electron chi connectivity index (χ2n) is 9.59. The van der Waals surface area contributed by atoms with Crippen LogP contribution >= 0.6 is 0 Å². The van der Waals surface area contributed by atoms with Crippen LogP contribution in [0.1, 0.15) is 81.1 Å². The highest BCUT2D eigenvalue weighted by molar-refractivity contribution is 7.47. The molecular weight excluding hydrogens is 445 g/mol. The standard InChI is InChI=1S/C24H52N2OSi4/c1-9-21-28(11-3,12-4)30(15-7,23-17-19-25)27-31(16-8,24-18-20-26)29(13-5,14-6)22-10-2/h9-18,21-24H2,1-8H3. The third kappa shape index (κ3) is 6.44. The summed E-state index contributed by atoms with van der Waals surface area (Å²) in [5.41, 5.74) is 0. The number of rotatable bonds is 18. The van der Waals surface area contributed by atoms with E-state index in [-0.39, 0.29) is 0 Å². The van der Waals surface area contributed by atoms with Crippen LogP contribution in [0.2, 0.25) is 60.4 Å². The first-order chi connectivity index (χ1) is 14.8. The van der Waals surface area contributed by atoms with E-state index < -0.39 is 30.9 Å². The van der Waals surface area contributed by atoms with Gasteiger partial charge in [0.25, 0.3) is 0 Å². The molecule has 0 saturated carbocycles. The summed E-state index contributed by atoms with van der Waals surface area (Å²) in [6.45, 7) is 19.2. The first kappa shape index (κ1) is 30.8. The lowest BCUT2D eigenvalue weighted by Crippen LogP contribution is -2.74. The number of nitrogens with zero attached hydrogens (tertiary/aromatic N) is 2. The quantitative estimate of drug-likeness (QED) is 0.178. The van der Waals surface area contributed by atoms with Gasteiger partial charge in [0.05, 0.1) is 27.3 Å². The molecule has 2 unspecified atom stereocenters. The summed E-state index contributed by atoms with van der Waals surface area (Å²) in [5.74, 6) is 0. The van der Waals surface area contributed by atoms with Gasteiger partial charge in [0, 0.05) is 12.8 Å². The van der Waals surface area contributed by atoms with E-state index >= 15 is 0 Å². The van der Waals surface area contributed by atoms with E-state index in [2.05, 4.69) is 67.5 Å². The predicted octanol–water partition coefficient (Wildman–Crippen LogP) is 8.72. The molecule has 2 atom stereocenters. The fourth-order valence-corrected chi connectivity index (χ4v) is 54.4. The minimum absolute atomic E-state index is 0.658. The van der Waals surface area contributed by atoms with Crippen molar-refractivity contribution in [1.82, 2.24) is 0 Å². The van der Waals surface area contributed by atoms with Gasteiger partial charge < -0.3 is 4.12 Å². The first-order valence-corrected chi connectivity index (χ1v) is 25.1. The molecule has 0 fully saturated rings. The second-order valence-corrected chi connectivity index (χ2v) is 37.6. The molecule has 0 aliphatic heterocycles. The molecule has 0 aliphatic rings. The summed E-state index contributed by atoms with van der Waals surface area (Å²) >= 11 is 0. The van der Waals surface area contributed by atoms with Crippen LogP contribution < -0.4 is 0 Å². The van der Waals surface area contributed by atoms with Crippen molar-refractivity contribution in [2.75, 3.05) is 0 Å². The van der Waals surface area contributed by atoms with Crippen molar-refractivity contribution in [2.24, 2.45) is 0 Å². The summed E-state index contributed by atoms with van der Waals surface area (Å²) in [6.07, 6.45) is 3.81. The fourth-order valence-electron chi connectivity index (χ4n) is 6.89. The van der Waals surface area contributed by atoms with Gasteiger partial charge in [0.1, 0.15) is 0 Å². The van der Waals surface area contributed by atoms with Crippen molar-refractivity contribution < 1.29 is 4.12 Å². The molecule has 0 heterocycles. The molecule has 0 saturated heterocycles. The monoisotopic (exact) mass is 496 g/mol. The van der Waals surface area contributed by atoms with Crippen LogP contribution in [0.25, 0.3) is 0 Å². The molecule has 3 nitrogen and oxygen atoms in total. The van der Waals surface area contributed by atoms with Crippen LogP contribution in [0.5, 0.6) is 0 Å². The zero-order chi connectivity index (χ0) is 24.0. The van der Waals surface area contributed by atoms with Crippen molar-refractivity contribution in [1.29, 1.82) is 10.5 Å². The van der Waals surface area contributed by atoms with Crippen LogP contribution in [-0.2, 0) is 4.12 Å². The van der Waals surface area contributed by atoms with Gasteiger partial charge in [-0.05, 0) is 24.2 Å². The molecule has 7 heteroatoms. The van der Waals surface area contributed by atoms with Crippen LogP contribution in [0, 0.1) is 22.7 Å². The minimum Gasteiger partial charge on any atom is -0.459 e. The summed E-state index contributed by atoms with van der Waals surface area (Å²) in [6, 6.07) is 17.4. The Morgan fingerprint density at radius 1 is 0.516 bits per heavy atom. The maximum absolute atomic E-state index is 9.61. The summed E-state index contributed by atoms with van der Waals surface area (Å²) < 4.78 is 8.03. The average molecular weight is 497 g/mol. The SMILES string of the molecule is CCC[Si](CC)(CC)[Si](CC)(CCC#N)O[Si](CC)(CCC#N)[Si](CC)(CC)CCC. The molecular formula is C24H52N2OSi4. The predicted molar refractivity (Wildman–Crippen MR) is 147 cm³/mol. The van der Waals surface area contributed by atoms with E-state index in [0.29, 0.717) is 12.8 Å². The van der Waals surface area contributed by atoms with E-state index in [1.807, 2.05) is 0 Å². The molecule has 0 aromatic carbocycles. The van der Waals surface area contributed by atoms with Gasteiger partial charge in [-0.2, -0.15) is 10.5 Å². The van der Waals surface area contributed by atoms with Gasteiger partial charge in [0.2, 0.25) is 0 Å². The lowest BCUT2D eigenvalue weighted by molar-refractivity contribution is 0.539. The molecule has 0 rings (SSSR count). The third-order valence-electron chi connectivity index (χ3n) is 8.91. The molecule has 0 aliphatic carbocycles. The Labute approximate surface area is 198 Å².